The second-order valence-corrected chi connectivity index (χ2v) is 5.57. The first-order valence-corrected chi connectivity index (χ1v) is 5.91. The van der Waals surface area contributed by atoms with Crippen LogP contribution in [-0.2, 0) is 6.42 Å². The maximum Gasteiger partial charge on any atom is 0.0409 e. The molecule has 2 heteroatoms. The largest absolute Gasteiger partial charge is 0.330 e. The molecule has 1 atom stereocenters. The van der Waals surface area contributed by atoms with Crippen LogP contribution in [0.4, 0.5) is 0 Å². The van der Waals surface area contributed by atoms with E-state index in [0.29, 0.717) is 11.3 Å². The van der Waals surface area contributed by atoms with Crippen LogP contribution in [0.25, 0.3) is 0 Å². The zero-order chi connectivity index (χ0) is 11.1. The Labute approximate surface area is 96.6 Å². The number of halogens is 1. The van der Waals surface area contributed by atoms with Crippen LogP contribution in [0.2, 0.25) is 5.02 Å². The zero-order valence-electron chi connectivity index (χ0n) is 9.39. The van der Waals surface area contributed by atoms with Gasteiger partial charge in [0.2, 0.25) is 0 Å². The van der Waals surface area contributed by atoms with E-state index in [-0.39, 0.29) is 0 Å². The van der Waals surface area contributed by atoms with Gasteiger partial charge in [0.15, 0.2) is 0 Å². The molecule has 0 bridgehead atoms. The molecule has 0 amide bonds. The maximum atomic E-state index is 6.05. The van der Waals surface area contributed by atoms with Gasteiger partial charge in [-0.3, -0.25) is 0 Å². The average Bonchev–Trinajstić information content (AvgIpc) is 2.39. The quantitative estimate of drug-likeness (QED) is 0.818. The Morgan fingerprint density at radius 1 is 1.47 bits per heavy atom. The molecule has 82 valence electrons. The molecule has 0 fully saturated rings. The van der Waals surface area contributed by atoms with Gasteiger partial charge in [0.1, 0.15) is 0 Å². The molecule has 1 aromatic carbocycles. The second kappa shape index (κ2) is 3.80. The van der Waals surface area contributed by atoms with Gasteiger partial charge in [0.25, 0.3) is 0 Å². The Kier molecular flexibility index (Phi) is 2.78. The zero-order valence-corrected chi connectivity index (χ0v) is 10.1. The van der Waals surface area contributed by atoms with E-state index in [2.05, 4.69) is 26.0 Å². The third-order valence-corrected chi connectivity index (χ3v) is 3.76. The maximum absolute atomic E-state index is 6.05. The van der Waals surface area contributed by atoms with Crippen LogP contribution < -0.4 is 5.73 Å². The fraction of sp³-hybridized carbons (Fsp3) is 0.538. The first-order valence-electron chi connectivity index (χ1n) is 5.53. The molecule has 1 aliphatic rings. The van der Waals surface area contributed by atoms with Crippen LogP contribution in [-0.4, -0.2) is 6.54 Å². The summed E-state index contributed by atoms with van der Waals surface area (Å²) in [5.74, 6) is 0.566. The summed E-state index contributed by atoms with van der Waals surface area (Å²) in [5, 5.41) is 0.841. The molecule has 0 heterocycles. The fourth-order valence-corrected chi connectivity index (χ4v) is 2.98. The van der Waals surface area contributed by atoms with Gasteiger partial charge < -0.3 is 5.73 Å². The summed E-state index contributed by atoms with van der Waals surface area (Å²) < 4.78 is 0. The minimum absolute atomic E-state index is 0.326. The lowest BCUT2D eigenvalue weighted by atomic mass is 9.78. The number of benzene rings is 1. The van der Waals surface area contributed by atoms with Gasteiger partial charge in [-0.2, -0.15) is 0 Å². The Bertz CT molecular complexity index is 371. The molecule has 0 aromatic heterocycles. The minimum atomic E-state index is 0.326. The molecular formula is C13H18ClN. The summed E-state index contributed by atoms with van der Waals surface area (Å²) in [4.78, 5) is 0. The SMILES string of the molecule is CC1(C)Cc2ccc(Cl)cc2C1CCN. The van der Waals surface area contributed by atoms with Gasteiger partial charge in [-0.25, -0.2) is 0 Å². The lowest BCUT2D eigenvalue weighted by Gasteiger charge is -2.27. The topological polar surface area (TPSA) is 26.0 Å². The molecule has 1 unspecified atom stereocenters. The van der Waals surface area contributed by atoms with E-state index >= 15 is 0 Å². The van der Waals surface area contributed by atoms with E-state index in [9.17, 15) is 0 Å². The number of nitrogens with two attached hydrogens (primary N) is 1. The van der Waals surface area contributed by atoms with Crippen molar-refractivity contribution < 1.29 is 0 Å². The second-order valence-electron chi connectivity index (χ2n) is 5.14. The van der Waals surface area contributed by atoms with Crippen molar-refractivity contribution in [1.82, 2.24) is 0 Å². The predicted octanol–water partition coefficient (Wildman–Crippen LogP) is 3.35. The highest BCUT2D eigenvalue weighted by Crippen LogP contribution is 2.48. The van der Waals surface area contributed by atoms with E-state index in [0.717, 1.165) is 24.4 Å². The van der Waals surface area contributed by atoms with Crippen LogP contribution in [0.15, 0.2) is 18.2 Å². The highest BCUT2D eigenvalue weighted by molar-refractivity contribution is 6.30. The summed E-state index contributed by atoms with van der Waals surface area (Å²) >= 11 is 6.05. The Morgan fingerprint density at radius 2 is 2.20 bits per heavy atom. The molecule has 2 N–H and O–H groups in total. The standard InChI is InChI=1S/C13H18ClN/c1-13(2)8-9-3-4-10(14)7-11(9)12(13)5-6-15/h3-4,7,12H,5-6,8,15H2,1-2H3. The van der Waals surface area contributed by atoms with Gasteiger partial charge in [0.05, 0.1) is 0 Å². The van der Waals surface area contributed by atoms with Crippen LogP contribution in [0, 0.1) is 5.41 Å². The van der Waals surface area contributed by atoms with Gasteiger partial charge in [-0.1, -0.05) is 31.5 Å². The molecule has 0 spiro atoms. The summed E-state index contributed by atoms with van der Waals surface area (Å²) in [7, 11) is 0. The molecule has 1 nitrogen and oxygen atoms in total. The summed E-state index contributed by atoms with van der Waals surface area (Å²) in [6.45, 7) is 5.39. The first-order chi connectivity index (χ1) is 7.04. The van der Waals surface area contributed by atoms with Crippen molar-refractivity contribution in [2.45, 2.75) is 32.6 Å². The Morgan fingerprint density at radius 3 is 2.87 bits per heavy atom. The van der Waals surface area contributed by atoms with Crippen LogP contribution in [0.3, 0.4) is 0 Å². The van der Waals surface area contributed by atoms with Crippen molar-refractivity contribution in [3.8, 4) is 0 Å². The average molecular weight is 224 g/mol. The molecule has 1 aliphatic carbocycles. The lowest BCUT2D eigenvalue weighted by Crippen LogP contribution is -2.20. The summed E-state index contributed by atoms with van der Waals surface area (Å²) in [5.41, 5.74) is 8.88. The molecule has 0 aliphatic heterocycles. The van der Waals surface area contributed by atoms with Crippen LogP contribution in [0.1, 0.15) is 37.3 Å². The van der Waals surface area contributed by atoms with E-state index < -0.39 is 0 Å². The van der Waals surface area contributed by atoms with Crippen molar-refractivity contribution >= 4 is 11.6 Å². The van der Waals surface area contributed by atoms with Crippen molar-refractivity contribution in [2.75, 3.05) is 6.54 Å². The van der Waals surface area contributed by atoms with Gasteiger partial charge >= 0.3 is 0 Å². The number of hydrogen-bond acceptors (Lipinski definition) is 1. The lowest BCUT2D eigenvalue weighted by molar-refractivity contribution is 0.302. The number of hydrogen-bond donors (Lipinski definition) is 1. The van der Waals surface area contributed by atoms with Gasteiger partial charge in [-0.15, -0.1) is 0 Å². The third-order valence-electron chi connectivity index (χ3n) is 3.53. The number of fused-ring (bicyclic) bond motifs is 1. The molecule has 0 saturated heterocycles. The smallest absolute Gasteiger partial charge is 0.0409 e. The van der Waals surface area contributed by atoms with E-state index in [1.807, 2.05) is 6.07 Å². The molecule has 0 saturated carbocycles. The molecule has 0 radical (unpaired) electrons. The molecule has 1 aromatic rings. The highest BCUT2D eigenvalue weighted by atomic mass is 35.5. The molecule has 15 heavy (non-hydrogen) atoms. The van der Waals surface area contributed by atoms with Gasteiger partial charge in [-0.05, 0) is 54.0 Å². The summed E-state index contributed by atoms with van der Waals surface area (Å²) in [6.07, 6.45) is 2.20. The van der Waals surface area contributed by atoms with Crippen molar-refractivity contribution in [3.63, 3.8) is 0 Å². The highest BCUT2D eigenvalue weighted by Gasteiger charge is 2.37. The normalized spacial score (nSPS) is 22.8. The Balaban J connectivity index is 2.42. The predicted molar refractivity (Wildman–Crippen MR) is 65.3 cm³/mol. The Hall–Kier alpha value is -0.530. The van der Waals surface area contributed by atoms with Crippen molar-refractivity contribution in [2.24, 2.45) is 11.1 Å². The van der Waals surface area contributed by atoms with Crippen LogP contribution >= 0.6 is 11.6 Å². The van der Waals surface area contributed by atoms with Crippen molar-refractivity contribution in [3.05, 3.63) is 34.3 Å². The first kappa shape index (κ1) is 11.0. The minimum Gasteiger partial charge on any atom is -0.330 e. The van der Waals surface area contributed by atoms with E-state index in [1.54, 1.807) is 0 Å². The molecule has 2 rings (SSSR count). The van der Waals surface area contributed by atoms with Crippen molar-refractivity contribution in [1.29, 1.82) is 0 Å². The summed E-state index contributed by atoms with van der Waals surface area (Å²) in [6, 6.07) is 6.27. The fourth-order valence-electron chi connectivity index (χ4n) is 2.80. The third kappa shape index (κ3) is 1.91. The van der Waals surface area contributed by atoms with Crippen LogP contribution in [0.5, 0.6) is 0 Å². The number of rotatable bonds is 2. The molecular weight excluding hydrogens is 206 g/mol. The van der Waals surface area contributed by atoms with Gasteiger partial charge in [0, 0.05) is 5.02 Å². The van der Waals surface area contributed by atoms with E-state index in [1.165, 1.54) is 11.1 Å². The van der Waals surface area contributed by atoms with E-state index in [4.69, 9.17) is 17.3 Å². The monoisotopic (exact) mass is 223 g/mol.